The van der Waals surface area contributed by atoms with E-state index in [4.69, 9.17) is 4.74 Å². The van der Waals surface area contributed by atoms with Gasteiger partial charge in [-0.05, 0) is 96.8 Å². The largest absolute Gasteiger partial charge is 0.495 e. The normalized spacial score (nSPS) is 12.9. The zero-order chi connectivity index (χ0) is 18.3. The number of nitrogens with zero attached hydrogens (tertiary/aromatic N) is 1. The minimum atomic E-state index is -0.0596. The number of ether oxygens (including phenoxy) is 1. The quantitative estimate of drug-likeness (QED) is 0.609. The molecule has 3 heteroatoms. The van der Waals surface area contributed by atoms with Crippen molar-refractivity contribution < 1.29 is 9.13 Å². The molecule has 2 aromatic carbocycles. The SMILES string of the molecule is COc1ccc(-c2cc(C)c(-c3ccc(F)c4c3CCC4)c(C)c2)nc1. The van der Waals surface area contributed by atoms with Crippen molar-refractivity contribution in [1.29, 1.82) is 0 Å². The molecule has 1 aliphatic rings. The Hall–Kier alpha value is -2.68. The summed E-state index contributed by atoms with van der Waals surface area (Å²) in [5.41, 5.74) is 8.90. The van der Waals surface area contributed by atoms with Crippen LogP contribution in [0, 0.1) is 19.7 Å². The third-order valence-corrected chi connectivity index (χ3v) is 5.30. The standard InChI is InChI=1S/C23H22FNO/c1-14-11-16(22-10-7-17(26-3)13-25-22)12-15(2)23(14)20-8-9-21(24)19-6-4-5-18(19)20/h7-13H,4-6H2,1-3H3. The van der Waals surface area contributed by atoms with Crippen molar-refractivity contribution in [3.05, 3.63) is 70.7 Å². The van der Waals surface area contributed by atoms with Gasteiger partial charge in [0.25, 0.3) is 0 Å². The van der Waals surface area contributed by atoms with Gasteiger partial charge in [-0.2, -0.15) is 0 Å². The van der Waals surface area contributed by atoms with Crippen molar-refractivity contribution >= 4 is 0 Å². The Balaban J connectivity index is 1.81. The van der Waals surface area contributed by atoms with E-state index < -0.39 is 0 Å². The maximum absolute atomic E-state index is 14.1. The fourth-order valence-electron chi connectivity index (χ4n) is 4.10. The second-order valence-corrected chi connectivity index (χ2v) is 6.97. The predicted molar refractivity (Wildman–Crippen MR) is 103 cm³/mol. The number of halogens is 1. The van der Waals surface area contributed by atoms with Gasteiger partial charge >= 0.3 is 0 Å². The summed E-state index contributed by atoms with van der Waals surface area (Å²) in [6.07, 6.45) is 4.58. The number of aromatic nitrogens is 1. The van der Waals surface area contributed by atoms with Crippen LogP contribution >= 0.6 is 0 Å². The molecule has 0 atom stereocenters. The van der Waals surface area contributed by atoms with Gasteiger partial charge < -0.3 is 4.74 Å². The third-order valence-electron chi connectivity index (χ3n) is 5.30. The summed E-state index contributed by atoms with van der Waals surface area (Å²) in [6.45, 7) is 4.25. The Bertz CT molecular complexity index is 953. The van der Waals surface area contributed by atoms with Crippen LogP contribution in [-0.4, -0.2) is 12.1 Å². The van der Waals surface area contributed by atoms with Crippen LogP contribution in [0.2, 0.25) is 0 Å². The summed E-state index contributed by atoms with van der Waals surface area (Å²) in [5, 5.41) is 0. The molecule has 0 aliphatic heterocycles. The highest BCUT2D eigenvalue weighted by Gasteiger charge is 2.21. The lowest BCUT2D eigenvalue weighted by molar-refractivity contribution is 0.413. The summed E-state index contributed by atoms with van der Waals surface area (Å²) in [5.74, 6) is 0.691. The number of rotatable bonds is 3. The maximum Gasteiger partial charge on any atom is 0.137 e. The van der Waals surface area contributed by atoms with E-state index in [0.29, 0.717) is 0 Å². The smallest absolute Gasteiger partial charge is 0.137 e. The molecule has 0 fully saturated rings. The summed E-state index contributed by atoms with van der Waals surface area (Å²) >= 11 is 0. The van der Waals surface area contributed by atoms with Gasteiger partial charge in [0.1, 0.15) is 11.6 Å². The highest BCUT2D eigenvalue weighted by Crippen LogP contribution is 2.38. The van der Waals surface area contributed by atoms with Gasteiger partial charge in [0, 0.05) is 5.56 Å². The van der Waals surface area contributed by atoms with Crippen LogP contribution < -0.4 is 4.74 Å². The monoisotopic (exact) mass is 347 g/mol. The lowest BCUT2D eigenvalue weighted by Gasteiger charge is -2.16. The van der Waals surface area contributed by atoms with Gasteiger partial charge in [0.15, 0.2) is 0 Å². The average molecular weight is 347 g/mol. The Morgan fingerprint density at radius 3 is 2.35 bits per heavy atom. The molecule has 2 nitrogen and oxygen atoms in total. The number of hydrogen-bond donors (Lipinski definition) is 0. The van der Waals surface area contributed by atoms with Gasteiger partial charge in [-0.3, -0.25) is 4.98 Å². The van der Waals surface area contributed by atoms with Crippen LogP contribution in [0.5, 0.6) is 5.75 Å². The molecular formula is C23H22FNO. The lowest BCUT2D eigenvalue weighted by Crippen LogP contribution is -1.97. The summed E-state index contributed by atoms with van der Waals surface area (Å²) < 4.78 is 19.3. The van der Waals surface area contributed by atoms with Gasteiger partial charge in [-0.15, -0.1) is 0 Å². The minimum absolute atomic E-state index is 0.0596. The van der Waals surface area contributed by atoms with Crippen molar-refractivity contribution in [2.75, 3.05) is 7.11 Å². The van der Waals surface area contributed by atoms with Crippen molar-refractivity contribution in [3.63, 3.8) is 0 Å². The molecule has 1 aromatic heterocycles. The maximum atomic E-state index is 14.1. The Kier molecular flexibility index (Phi) is 4.23. The van der Waals surface area contributed by atoms with Gasteiger partial charge in [-0.1, -0.05) is 6.07 Å². The average Bonchev–Trinajstić information content (AvgIpc) is 3.14. The van der Waals surface area contributed by atoms with Crippen LogP contribution in [0.25, 0.3) is 22.4 Å². The lowest BCUT2D eigenvalue weighted by atomic mass is 9.89. The van der Waals surface area contributed by atoms with E-state index in [1.165, 1.54) is 27.8 Å². The molecule has 3 aromatic rings. The Morgan fingerprint density at radius 2 is 1.69 bits per heavy atom. The van der Waals surface area contributed by atoms with Crippen molar-refractivity contribution in [2.24, 2.45) is 0 Å². The van der Waals surface area contributed by atoms with E-state index >= 15 is 0 Å². The summed E-state index contributed by atoms with van der Waals surface area (Å²) in [6, 6.07) is 11.8. The second-order valence-electron chi connectivity index (χ2n) is 6.97. The molecule has 0 amide bonds. The molecule has 1 heterocycles. The first-order chi connectivity index (χ1) is 12.6. The molecule has 0 saturated carbocycles. The van der Waals surface area contributed by atoms with Crippen molar-refractivity contribution in [3.8, 4) is 28.1 Å². The van der Waals surface area contributed by atoms with Crippen molar-refractivity contribution in [1.82, 2.24) is 4.98 Å². The number of benzene rings is 2. The fraction of sp³-hybridized carbons (Fsp3) is 0.261. The molecule has 132 valence electrons. The summed E-state index contributed by atoms with van der Waals surface area (Å²) in [7, 11) is 1.64. The van der Waals surface area contributed by atoms with Crippen LogP contribution in [0.4, 0.5) is 4.39 Å². The molecule has 0 unspecified atom stereocenters. The molecule has 0 bridgehead atoms. The van der Waals surface area contributed by atoms with Crippen LogP contribution in [0.1, 0.15) is 28.7 Å². The third kappa shape index (κ3) is 2.78. The first-order valence-corrected chi connectivity index (χ1v) is 9.01. The molecular weight excluding hydrogens is 325 g/mol. The number of methoxy groups -OCH3 is 1. The van der Waals surface area contributed by atoms with E-state index in [9.17, 15) is 4.39 Å². The van der Waals surface area contributed by atoms with Gasteiger partial charge in [0.05, 0.1) is 19.0 Å². The molecule has 4 rings (SSSR count). The molecule has 0 saturated heterocycles. The highest BCUT2D eigenvalue weighted by atomic mass is 19.1. The highest BCUT2D eigenvalue weighted by molar-refractivity contribution is 5.79. The van der Waals surface area contributed by atoms with Crippen LogP contribution in [0.15, 0.2) is 42.6 Å². The topological polar surface area (TPSA) is 22.1 Å². The van der Waals surface area contributed by atoms with Gasteiger partial charge in [0.2, 0.25) is 0 Å². The van der Waals surface area contributed by atoms with Gasteiger partial charge in [-0.25, -0.2) is 4.39 Å². The first-order valence-electron chi connectivity index (χ1n) is 9.01. The Labute approximate surface area is 153 Å². The van der Waals surface area contributed by atoms with E-state index in [1.54, 1.807) is 19.4 Å². The summed E-state index contributed by atoms with van der Waals surface area (Å²) in [4.78, 5) is 4.50. The first kappa shape index (κ1) is 16.8. The van der Waals surface area contributed by atoms with Crippen LogP contribution in [0.3, 0.4) is 0 Å². The molecule has 1 aliphatic carbocycles. The van der Waals surface area contributed by atoms with Crippen molar-refractivity contribution in [2.45, 2.75) is 33.1 Å². The predicted octanol–water partition coefficient (Wildman–Crippen LogP) is 5.67. The molecule has 26 heavy (non-hydrogen) atoms. The second kappa shape index (κ2) is 6.56. The number of fused-ring (bicyclic) bond motifs is 1. The van der Waals surface area contributed by atoms with Crippen LogP contribution in [-0.2, 0) is 12.8 Å². The molecule has 0 radical (unpaired) electrons. The minimum Gasteiger partial charge on any atom is -0.495 e. The molecule has 0 N–H and O–H groups in total. The number of hydrogen-bond acceptors (Lipinski definition) is 2. The molecule has 0 spiro atoms. The number of aryl methyl sites for hydroxylation is 2. The number of pyridine rings is 1. The Morgan fingerprint density at radius 1 is 0.962 bits per heavy atom. The fourth-order valence-corrected chi connectivity index (χ4v) is 4.10. The zero-order valence-electron chi connectivity index (χ0n) is 15.4. The zero-order valence-corrected chi connectivity index (χ0v) is 15.4. The van der Waals surface area contributed by atoms with E-state index in [2.05, 4.69) is 31.0 Å². The van der Waals surface area contributed by atoms with E-state index in [-0.39, 0.29) is 5.82 Å². The van der Waals surface area contributed by atoms with E-state index in [0.717, 1.165) is 41.8 Å². The van der Waals surface area contributed by atoms with E-state index in [1.807, 2.05) is 18.2 Å².